The van der Waals surface area contributed by atoms with Gasteiger partial charge < -0.3 is 15.3 Å². The van der Waals surface area contributed by atoms with Gasteiger partial charge in [0.05, 0.1) is 17.2 Å². The van der Waals surface area contributed by atoms with E-state index in [9.17, 15) is 14.0 Å². The van der Waals surface area contributed by atoms with Crippen LogP contribution < -0.4 is 10.2 Å². The molecule has 0 fully saturated rings. The molecule has 0 aliphatic heterocycles. The molecule has 170 valence electrons. The van der Waals surface area contributed by atoms with Crippen molar-refractivity contribution in [2.45, 2.75) is 6.92 Å². The molecule has 0 atom stereocenters. The van der Waals surface area contributed by atoms with E-state index >= 15 is 0 Å². The van der Waals surface area contributed by atoms with Gasteiger partial charge in [-0.2, -0.15) is 0 Å². The van der Waals surface area contributed by atoms with E-state index in [1.165, 1.54) is 18.2 Å². The highest BCUT2D eigenvalue weighted by atomic mass is 35.5. The van der Waals surface area contributed by atoms with Crippen LogP contribution in [0.1, 0.15) is 31.8 Å². The van der Waals surface area contributed by atoms with Gasteiger partial charge >= 0.3 is 0 Å². The van der Waals surface area contributed by atoms with Crippen LogP contribution in [-0.4, -0.2) is 37.0 Å². The maximum absolute atomic E-state index is 14.1. The molecule has 0 unspecified atom stereocenters. The number of anilines is 2. The molecule has 0 saturated carbocycles. The molecular formula is C26H24ClFN2O3. The Hall–Kier alpha value is -3.48. The monoisotopic (exact) mass is 466 g/mol. The van der Waals surface area contributed by atoms with Crippen molar-refractivity contribution in [1.29, 1.82) is 0 Å². The van der Waals surface area contributed by atoms with E-state index in [4.69, 9.17) is 16.7 Å². The Bertz CT molecular complexity index is 1180. The summed E-state index contributed by atoms with van der Waals surface area (Å²) in [5.41, 5.74) is 3.09. The number of benzene rings is 3. The summed E-state index contributed by atoms with van der Waals surface area (Å²) in [6.45, 7) is 2.30. The summed E-state index contributed by atoms with van der Waals surface area (Å²) in [5.74, 6) is -1.55. The lowest BCUT2D eigenvalue weighted by molar-refractivity contribution is 0.102. The van der Waals surface area contributed by atoms with Crippen molar-refractivity contribution in [2.24, 2.45) is 0 Å². The number of nitrogens with zero attached hydrogens (tertiary/aromatic N) is 1. The molecular weight excluding hydrogens is 443 g/mol. The van der Waals surface area contributed by atoms with Crippen LogP contribution in [0.5, 0.6) is 0 Å². The summed E-state index contributed by atoms with van der Waals surface area (Å²) in [6.07, 6.45) is 3.19. The molecule has 3 aromatic carbocycles. The van der Waals surface area contributed by atoms with Crippen molar-refractivity contribution >= 4 is 40.7 Å². The number of rotatable bonds is 8. The SMILES string of the molecule is Cc1ccc(F)c(C(=O)Nc2ccc(C(=O)/C=C/c3ccc(N(C)CCO)cc3)cc2)c1Cl. The Morgan fingerprint density at radius 3 is 2.36 bits per heavy atom. The van der Waals surface area contributed by atoms with Crippen LogP contribution in [0.3, 0.4) is 0 Å². The van der Waals surface area contributed by atoms with Crippen LogP contribution in [0.2, 0.25) is 5.02 Å². The van der Waals surface area contributed by atoms with Gasteiger partial charge in [-0.3, -0.25) is 9.59 Å². The molecule has 5 nitrogen and oxygen atoms in total. The van der Waals surface area contributed by atoms with E-state index in [0.717, 1.165) is 11.3 Å². The van der Waals surface area contributed by atoms with Crippen LogP contribution >= 0.6 is 11.6 Å². The molecule has 0 aliphatic rings. The number of aliphatic hydroxyl groups is 1. The fraction of sp³-hybridized carbons (Fsp3) is 0.154. The van der Waals surface area contributed by atoms with E-state index < -0.39 is 11.7 Å². The second-order valence-corrected chi connectivity index (χ2v) is 7.90. The first-order valence-corrected chi connectivity index (χ1v) is 10.7. The molecule has 7 heteroatoms. The maximum Gasteiger partial charge on any atom is 0.260 e. The van der Waals surface area contributed by atoms with Crippen molar-refractivity contribution in [3.8, 4) is 0 Å². The number of hydrogen-bond donors (Lipinski definition) is 2. The summed E-state index contributed by atoms with van der Waals surface area (Å²) in [7, 11) is 1.89. The minimum absolute atomic E-state index is 0.0671. The van der Waals surface area contributed by atoms with Gasteiger partial charge in [0.1, 0.15) is 5.82 Å². The van der Waals surface area contributed by atoms with Gasteiger partial charge in [0.15, 0.2) is 5.78 Å². The van der Waals surface area contributed by atoms with Crippen molar-refractivity contribution in [2.75, 3.05) is 30.4 Å². The lowest BCUT2D eigenvalue weighted by Crippen LogP contribution is -2.20. The Balaban J connectivity index is 1.64. The van der Waals surface area contributed by atoms with Gasteiger partial charge in [-0.25, -0.2) is 4.39 Å². The molecule has 0 heterocycles. The summed E-state index contributed by atoms with van der Waals surface area (Å²) >= 11 is 6.08. The van der Waals surface area contributed by atoms with Gasteiger partial charge in [0.2, 0.25) is 0 Å². The predicted molar refractivity (Wildman–Crippen MR) is 131 cm³/mol. The summed E-state index contributed by atoms with van der Waals surface area (Å²) in [6, 6.07) is 16.6. The second-order valence-electron chi connectivity index (χ2n) is 7.52. The molecule has 3 aromatic rings. The normalized spacial score (nSPS) is 10.9. The largest absolute Gasteiger partial charge is 0.395 e. The van der Waals surface area contributed by atoms with Crippen LogP contribution in [0.4, 0.5) is 15.8 Å². The molecule has 0 spiro atoms. The molecule has 33 heavy (non-hydrogen) atoms. The number of halogens is 2. The number of aryl methyl sites for hydroxylation is 1. The van der Waals surface area contributed by atoms with Crippen molar-refractivity contribution in [3.63, 3.8) is 0 Å². The molecule has 0 bridgehead atoms. The van der Waals surface area contributed by atoms with E-state index in [2.05, 4.69) is 5.32 Å². The van der Waals surface area contributed by atoms with Crippen LogP contribution in [-0.2, 0) is 0 Å². The number of aliphatic hydroxyl groups excluding tert-OH is 1. The standard InChI is InChI=1S/C26H24ClFN2O3/c1-17-3-13-22(28)24(25(17)27)26(33)29-20-9-7-19(8-10-20)23(32)14-6-18-4-11-21(12-5-18)30(2)15-16-31/h3-14,31H,15-16H2,1-2H3,(H,29,33)/b14-6+. The van der Waals surface area contributed by atoms with E-state index in [1.807, 2.05) is 36.2 Å². The first-order valence-electron chi connectivity index (χ1n) is 10.3. The van der Waals surface area contributed by atoms with Gasteiger partial charge in [0, 0.05) is 30.5 Å². The minimum atomic E-state index is -0.701. The number of likely N-dealkylation sites (N-methyl/N-ethyl adjacent to an activating group) is 1. The highest BCUT2D eigenvalue weighted by Gasteiger charge is 2.18. The number of carbonyl (C=O) groups excluding carboxylic acids is 2. The van der Waals surface area contributed by atoms with Gasteiger partial charge in [0.25, 0.3) is 5.91 Å². The zero-order valence-electron chi connectivity index (χ0n) is 18.3. The van der Waals surface area contributed by atoms with Gasteiger partial charge in [-0.05, 0) is 66.6 Å². The predicted octanol–water partition coefficient (Wildman–Crippen LogP) is 5.36. The number of amides is 1. The maximum atomic E-state index is 14.1. The van der Waals surface area contributed by atoms with E-state index in [0.29, 0.717) is 23.4 Å². The lowest BCUT2D eigenvalue weighted by Gasteiger charge is -2.17. The van der Waals surface area contributed by atoms with E-state index in [1.54, 1.807) is 37.3 Å². The van der Waals surface area contributed by atoms with Crippen molar-refractivity contribution < 1.29 is 19.1 Å². The zero-order chi connectivity index (χ0) is 24.0. The first kappa shape index (κ1) is 24.2. The summed E-state index contributed by atoms with van der Waals surface area (Å²) in [4.78, 5) is 26.9. The van der Waals surface area contributed by atoms with Crippen LogP contribution in [0.15, 0.2) is 66.7 Å². The fourth-order valence-corrected chi connectivity index (χ4v) is 3.40. The minimum Gasteiger partial charge on any atom is -0.395 e. The third kappa shape index (κ3) is 6.06. The molecule has 0 aliphatic carbocycles. The van der Waals surface area contributed by atoms with Gasteiger partial charge in [-0.15, -0.1) is 0 Å². The average Bonchev–Trinajstić information content (AvgIpc) is 2.81. The first-order chi connectivity index (χ1) is 15.8. The summed E-state index contributed by atoms with van der Waals surface area (Å²) < 4.78 is 14.1. The molecule has 0 radical (unpaired) electrons. The van der Waals surface area contributed by atoms with Crippen molar-refractivity contribution in [1.82, 2.24) is 0 Å². The molecule has 1 amide bonds. The van der Waals surface area contributed by atoms with Gasteiger partial charge in [-0.1, -0.05) is 35.9 Å². The molecule has 3 rings (SSSR count). The van der Waals surface area contributed by atoms with Crippen LogP contribution in [0, 0.1) is 12.7 Å². The number of hydrogen-bond acceptors (Lipinski definition) is 4. The van der Waals surface area contributed by atoms with Crippen molar-refractivity contribution in [3.05, 3.63) is 99.8 Å². The molecule has 2 N–H and O–H groups in total. The molecule has 0 aromatic heterocycles. The molecule has 0 saturated heterocycles. The summed E-state index contributed by atoms with van der Waals surface area (Å²) in [5, 5.41) is 11.7. The number of carbonyl (C=O) groups is 2. The highest BCUT2D eigenvalue weighted by molar-refractivity contribution is 6.35. The Kier molecular flexibility index (Phi) is 7.98. The topological polar surface area (TPSA) is 69.6 Å². The lowest BCUT2D eigenvalue weighted by atomic mass is 10.1. The van der Waals surface area contributed by atoms with E-state index in [-0.39, 0.29) is 23.0 Å². The fourth-order valence-electron chi connectivity index (χ4n) is 3.16. The Morgan fingerprint density at radius 2 is 1.73 bits per heavy atom. The number of ketones is 1. The Labute approximate surface area is 197 Å². The number of nitrogens with one attached hydrogen (secondary N) is 1. The smallest absolute Gasteiger partial charge is 0.260 e. The second kappa shape index (κ2) is 10.9. The average molecular weight is 467 g/mol. The third-order valence-corrected chi connectivity index (χ3v) is 5.62. The Morgan fingerprint density at radius 1 is 1.06 bits per heavy atom. The quantitative estimate of drug-likeness (QED) is 0.346. The zero-order valence-corrected chi connectivity index (χ0v) is 19.1. The third-order valence-electron chi connectivity index (χ3n) is 5.13. The van der Waals surface area contributed by atoms with Crippen LogP contribution in [0.25, 0.3) is 6.08 Å². The highest BCUT2D eigenvalue weighted by Crippen LogP contribution is 2.24. The number of allylic oxidation sites excluding steroid dienone is 1.